The second-order valence-electron chi connectivity index (χ2n) is 9.31. The van der Waals surface area contributed by atoms with E-state index in [2.05, 4.69) is 5.32 Å². The third-order valence-corrected chi connectivity index (χ3v) is 8.01. The molecule has 3 N–H and O–H groups in total. The van der Waals surface area contributed by atoms with Gasteiger partial charge in [0.1, 0.15) is 9.84 Å². The zero-order chi connectivity index (χ0) is 29.6. The molecule has 2 aromatic rings. The molecule has 2 amide bonds. The van der Waals surface area contributed by atoms with Crippen LogP contribution in [0.5, 0.6) is 0 Å². The van der Waals surface area contributed by atoms with Crippen molar-refractivity contribution in [3.63, 3.8) is 0 Å². The number of amides is 2. The van der Waals surface area contributed by atoms with E-state index >= 15 is 0 Å². The predicted octanol–water partition coefficient (Wildman–Crippen LogP) is 5.56. The van der Waals surface area contributed by atoms with E-state index in [9.17, 15) is 48.7 Å². The van der Waals surface area contributed by atoms with Gasteiger partial charge in [-0.2, -0.15) is 26.3 Å². The van der Waals surface area contributed by atoms with E-state index in [4.69, 9.17) is 5.73 Å². The maximum Gasteiger partial charge on any atom is 0.435 e. The van der Waals surface area contributed by atoms with Crippen molar-refractivity contribution in [1.82, 2.24) is 0 Å². The van der Waals surface area contributed by atoms with E-state index in [0.29, 0.717) is 17.7 Å². The fourth-order valence-corrected chi connectivity index (χ4v) is 6.89. The molecule has 15 heteroatoms. The Labute approximate surface area is 227 Å². The summed E-state index contributed by atoms with van der Waals surface area (Å²) < 4.78 is 117. The van der Waals surface area contributed by atoms with Crippen molar-refractivity contribution < 1.29 is 48.7 Å². The van der Waals surface area contributed by atoms with Gasteiger partial charge in [-0.1, -0.05) is 32.0 Å². The maximum absolute atomic E-state index is 14.4. The van der Waals surface area contributed by atoms with Gasteiger partial charge < -0.3 is 11.1 Å². The van der Waals surface area contributed by atoms with Crippen LogP contribution in [0.3, 0.4) is 0 Å². The third-order valence-electron chi connectivity index (χ3n) is 5.64. The Morgan fingerprint density at radius 2 is 1.50 bits per heavy atom. The number of halogens is 8. The van der Waals surface area contributed by atoms with Gasteiger partial charge in [0.2, 0.25) is 0 Å². The van der Waals surface area contributed by atoms with Gasteiger partial charge in [-0.05, 0) is 52.8 Å². The van der Waals surface area contributed by atoms with E-state index in [0.717, 1.165) is 13.2 Å². The highest BCUT2D eigenvalue weighted by Crippen LogP contribution is 2.53. The number of nitrogens with one attached hydrogen (secondary N) is 1. The van der Waals surface area contributed by atoms with Crippen LogP contribution in [-0.2, 0) is 20.9 Å². The summed E-state index contributed by atoms with van der Waals surface area (Å²) in [6, 6.07) is 3.84. The summed E-state index contributed by atoms with van der Waals surface area (Å²) in [5.74, 6) is -2.32. The lowest BCUT2D eigenvalue weighted by Gasteiger charge is -2.30. The number of nitrogens with two attached hydrogens (primary N) is 1. The highest BCUT2D eigenvalue weighted by atomic mass is 127. The number of hydrogen-bond donors (Lipinski definition) is 2. The van der Waals surface area contributed by atoms with Crippen molar-refractivity contribution in [2.45, 2.75) is 44.2 Å². The zero-order valence-electron chi connectivity index (χ0n) is 20.2. The first kappa shape index (κ1) is 31.8. The molecule has 2 aromatic carbocycles. The summed E-state index contributed by atoms with van der Waals surface area (Å²) in [5.41, 5.74) is -3.63. The molecule has 0 aliphatic rings. The number of carbonyl (C=O) groups excluding carboxylic acids is 2. The lowest BCUT2D eigenvalue weighted by Crippen LogP contribution is -2.50. The molecule has 0 radical (unpaired) electrons. The van der Waals surface area contributed by atoms with Gasteiger partial charge in [0, 0.05) is 26.5 Å². The van der Waals surface area contributed by atoms with Crippen molar-refractivity contribution in [3.8, 4) is 0 Å². The molecule has 0 aliphatic heterocycles. The summed E-state index contributed by atoms with van der Waals surface area (Å²) in [4.78, 5) is 25.2. The molecule has 0 aromatic heterocycles. The van der Waals surface area contributed by atoms with Crippen molar-refractivity contribution >= 4 is 49.9 Å². The first-order valence-corrected chi connectivity index (χ1v) is 13.6. The molecular weight excluding hydrogens is 660 g/mol. The second-order valence-corrected chi connectivity index (χ2v) is 12.5. The number of alkyl halides is 7. The smallest absolute Gasteiger partial charge is 0.366 e. The molecule has 38 heavy (non-hydrogen) atoms. The number of sulfone groups is 1. The van der Waals surface area contributed by atoms with E-state index in [1.54, 1.807) is 36.4 Å². The topological polar surface area (TPSA) is 106 Å². The number of primary amides is 1. The first-order valence-electron chi connectivity index (χ1n) is 10.5. The zero-order valence-corrected chi connectivity index (χ0v) is 23.2. The second kappa shape index (κ2) is 10.3. The third kappa shape index (κ3) is 6.24. The monoisotopic (exact) mass is 682 g/mol. The van der Waals surface area contributed by atoms with Gasteiger partial charge in [0.15, 0.2) is 0 Å². The number of rotatable bonds is 7. The molecule has 210 valence electrons. The summed E-state index contributed by atoms with van der Waals surface area (Å²) in [6.07, 6.45) is -11.6. The average Bonchev–Trinajstić information content (AvgIpc) is 2.70. The van der Waals surface area contributed by atoms with Gasteiger partial charge in [-0.3, -0.25) is 9.59 Å². The quantitative estimate of drug-likeness (QED) is 0.295. The minimum absolute atomic E-state index is 0.182. The SMILES string of the molecule is Cc1cc(C(F)(C(F)(F)F)C(F)(F)F)ccc1NC(=O)c1ccc(C(C)(C)CS(C)(=O)=O)c(I)c1C(N)=O. The predicted molar refractivity (Wildman–Crippen MR) is 134 cm³/mol. The molecule has 6 nitrogen and oxygen atoms in total. The molecule has 2 rings (SSSR count). The van der Waals surface area contributed by atoms with Gasteiger partial charge >= 0.3 is 18.0 Å². The number of benzene rings is 2. The van der Waals surface area contributed by atoms with Crippen LogP contribution in [0.2, 0.25) is 0 Å². The van der Waals surface area contributed by atoms with Crippen LogP contribution in [0.25, 0.3) is 0 Å². The number of hydrogen-bond acceptors (Lipinski definition) is 4. The minimum atomic E-state index is -6.30. The van der Waals surface area contributed by atoms with Crippen molar-refractivity contribution in [2.24, 2.45) is 5.73 Å². The van der Waals surface area contributed by atoms with Crippen LogP contribution in [0.1, 0.15) is 51.3 Å². The van der Waals surface area contributed by atoms with Gasteiger partial charge in [0.25, 0.3) is 11.8 Å². The molecular formula is C23H22F7IN2O4S. The van der Waals surface area contributed by atoms with Crippen molar-refractivity contribution in [2.75, 3.05) is 17.3 Å². The van der Waals surface area contributed by atoms with E-state index in [-0.39, 0.29) is 37.8 Å². The first-order chi connectivity index (χ1) is 16.9. The van der Waals surface area contributed by atoms with Crippen LogP contribution in [-0.4, -0.2) is 44.6 Å². The molecule has 0 bridgehead atoms. The molecule has 0 atom stereocenters. The summed E-state index contributed by atoms with van der Waals surface area (Å²) >= 11 is 1.73. The Bertz CT molecular complexity index is 1370. The van der Waals surface area contributed by atoms with Crippen LogP contribution in [0, 0.1) is 10.5 Å². The van der Waals surface area contributed by atoms with Crippen LogP contribution < -0.4 is 11.1 Å². The standard InChI is InChI=1S/C23H22F7IN2O4S/c1-11-9-12(21(24,22(25,26)27)23(28,29)30)5-8-15(11)33-19(35)13-6-7-14(17(31)16(13)18(32)34)20(2,3)10-38(4,36)37/h5-9H,10H2,1-4H3,(H2,32,34)(H,33,35). The Kier molecular flexibility index (Phi) is 8.60. The summed E-state index contributed by atoms with van der Waals surface area (Å²) in [6.45, 7) is 4.27. The Hall–Kier alpha value is -2.43. The van der Waals surface area contributed by atoms with Crippen molar-refractivity contribution in [1.29, 1.82) is 0 Å². The summed E-state index contributed by atoms with van der Waals surface area (Å²) in [7, 11) is -3.45. The molecule has 0 saturated heterocycles. The molecule has 0 saturated carbocycles. The fraction of sp³-hybridized carbons (Fsp3) is 0.391. The summed E-state index contributed by atoms with van der Waals surface area (Å²) in [5, 5.41) is 2.27. The highest BCUT2D eigenvalue weighted by Gasteiger charge is 2.73. The Morgan fingerprint density at radius 3 is 1.92 bits per heavy atom. The molecule has 0 unspecified atom stereocenters. The highest BCUT2D eigenvalue weighted by molar-refractivity contribution is 14.1. The number of carbonyl (C=O) groups is 2. The Balaban J connectivity index is 2.54. The van der Waals surface area contributed by atoms with Crippen molar-refractivity contribution in [3.05, 3.63) is 61.7 Å². The van der Waals surface area contributed by atoms with Crippen LogP contribution >= 0.6 is 22.6 Å². The van der Waals surface area contributed by atoms with Crippen LogP contribution in [0.4, 0.5) is 36.4 Å². The van der Waals surface area contributed by atoms with E-state index in [1.807, 2.05) is 0 Å². The largest absolute Gasteiger partial charge is 0.435 e. The average molecular weight is 682 g/mol. The fourth-order valence-electron chi connectivity index (χ4n) is 3.96. The van der Waals surface area contributed by atoms with Gasteiger partial charge in [0.05, 0.1) is 16.9 Å². The molecule has 0 fully saturated rings. The number of aryl methyl sites for hydroxylation is 1. The van der Waals surface area contributed by atoms with Gasteiger partial charge in [-0.15, -0.1) is 0 Å². The lowest BCUT2D eigenvalue weighted by molar-refractivity contribution is -0.348. The van der Waals surface area contributed by atoms with Gasteiger partial charge in [-0.25, -0.2) is 12.8 Å². The Morgan fingerprint density at radius 1 is 0.974 bits per heavy atom. The molecule has 0 aliphatic carbocycles. The van der Waals surface area contributed by atoms with E-state index < -0.39 is 50.7 Å². The number of anilines is 1. The van der Waals surface area contributed by atoms with Crippen LogP contribution in [0.15, 0.2) is 30.3 Å². The minimum Gasteiger partial charge on any atom is -0.366 e. The molecule has 0 spiro atoms. The lowest BCUT2D eigenvalue weighted by atomic mass is 9.84. The molecule has 0 heterocycles. The normalized spacial score (nSPS) is 13.4. The van der Waals surface area contributed by atoms with E-state index in [1.165, 1.54) is 12.1 Å². The maximum atomic E-state index is 14.4.